The molecule has 0 radical (unpaired) electrons. The fourth-order valence-corrected chi connectivity index (χ4v) is 3.52. The molecule has 2 aliphatic heterocycles. The van der Waals surface area contributed by atoms with Gasteiger partial charge in [0.15, 0.2) is 0 Å². The van der Waals surface area contributed by atoms with Crippen LogP contribution in [0, 0.1) is 5.82 Å². The van der Waals surface area contributed by atoms with Crippen molar-refractivity contribution in [2.24, 2.45) is 0 Å². The number of fused-ring (bicyclic) bond motifs is 2. The molecule has 2 aromatic rings. The first-order valence-corrected chi connectivity index (χ1v) is 8.18. The van der Waals surface area contributed by atoms with Crippen LogP contribution >= 0.6 is 11.6 Å². The van der Waals surface area contributed by atoms with E-state index in [1.165, 1.54) is 11.6 Å². The van der Waals surface area contributed by atoms with Crippen molar-refractivity contribution < 1.29 is 9.13 Å². The van der Waals surface area contributed by atoms with Crippen LogP contribution < -0.4 is 4.74 Å². The molecule has 118 valence electrons. The van der Waals surface area contributed by atoms with Crippen LogP contribution in [0.5, 0.6) is 11.5 Å². The summed E-state index contributed by atoms with van der Waals surface area (Å²) in [5.41, 5.74) is 4.33. The number of nitrogens with zero attached hydrogens (tertiary/aromatic N) is 1. The van der Waals surface area contributed by atoms with E-state index >= 15 is 0 Å². The minimum atomic E-state index is -0.240. The molecule has 4 heteroatoms. The highest BCUT2D eigenvalue weighted by Crippen LogP contribution is 2.47. The molecule has 0 saturated carbocycles. The second-order valence-corrected chi connectivity index (χ2v) is 6.60. The lowest BCUT2D eigenvalue weighted by Crippen LogP contribution is -2.27. The highest BCUT2D eigenvalue weighted by molar-refractivity contribution is 6.30. The van der Waals surface area contributed by atoms with Crippen LogP contribution in [-0.4, -0.2) is 25.0 Å². The molecule has 0 spiro atoms. The molecule has 0 N–H and O–H groups in total. The number of ether oxygens (including phenoxy) is 1. The first-order valence-electron chi connectivity index (χ1n) is 7.80. The quantitative estimate of drug-likeness (QED) is 0.568. The third kappa shape index (κ3) is 2.64. The van der Waals surface area contributed by atoms with Crippen LogP contribution in [0.1, 0.15) is 24.0 Å². The van der Waals surface area contributed by atoms with Gasteiger partial charge in [0.2, 0.25) is 0 Å². The molecule has 2 heterocycles. The Hall–Kier alpha value is -1.84. The number of hydrogen-bond acceptors (Lipinski definition) is 2. The molecule has 4 rings (SSSR count). The maximum atomic E-state index is 13.8. The molecular weight excluding hydrogens is 313 g/mol. The van der Waals surface area contributed by atoms with Crippen molar-refractivity contribution in [1.29, 1.82) is 0 Å². The van der Waals surface area contributed by atoms with Crippen molar-refractivity contribution in [3.05, 3.63) is 63.9 Å². The van der Waals surface area contributed by atoms with Gasteiger partial charge in [0.1, 0.15) is 17.3 Å². The van der Waals surface area contributed by atoms with Crippen molar-refractivity contribution >= 4 is 17.2 Å². The Morgan fingerprint density at radius 2 is 1.78 bits per heavy atom. The van der Waals surface area contributed by atoms with Crippen LogP contribution in [0.3, 0.4) is 0 Å². The minimum absolute atomic E-state index is 0.240. The highest BCUT2D eigenvalue weighted by Gasteiger charge is 2.26. The number of benzene rings is 2. The minimum Gasteiger partial charge on any atom is -0.456 e. The van der Waals surface area contributed by atoms with Crippen LogP contribution in [0.4, 0.5) is 4.39 Å². The molecule has 1 saturated heterocycles. The monoisotopic (exact) mass is 329 g/mol. The van der Waals surface area contributed by atoms with Gasteiger partial charge in [-0.1, -0.05) is 17.2 Å². The Morgan fingerprint density at radius 3 is 2.57 bits per heavy atom. The lowest BCUT2D eigenvalue weighted by atomic mass is 9.86. The maximum absolute atomic E-state index is 13.8. The molecular formula is C19H17ClFNO. The number of halogens is 2. The summed E-state index contributed by atoms with van der Waals surface area (Å²) in [5, 5.41) is 0.641. The number of hydrogen-bond donors (Lipinski definition) is 0. The van der Waals surface area contributed by atoms with E-state index in [4.69, 9.17) is 16.3 Å². The highest BCUT2D eigenvalue weighted by atomic mass is 35.5. The topological polar surface area (TPSA) is 12.5 Å². The smallest absolute Gasteiger partial charge is 0.136 e. The molecule has 23 heavy (non-hydrogen) atoms. The second kappa shape index (κ2) is 5.66. The van der Waals surface area contributed by atoms with Crippen LogP contribution in [-0.2, 0) is 0 Å². The zero-order valence-corrected chi connectivity index (χ0v) is 13.7. The first kappa shape index (κ1) is 14.7. The maximum Gasteiger partial charge on any atom is 0.136 e. The van der Waals surface area contributed by atoms with E-state index in [-0.39, 0.29) is 5.82 Å². The summed E-state index contributed by atoms with van der Waals surface area (Å²) in [6.07, 6.45) is 1.98. The molecule has 2 nitrogen and oxygen atoms in total. The molecule has 0 aliphatic carbocycles. The largest absolute Gasteiger partial charge is 0.456 e. The van der Waals surface area contributed by atoms with Crippen molar-refractivity contribution in [2.45, 2.75) is 12.8 Å². The van der Waals surface area contributed by atoms with Gasteiger partial charge in [0.25, 0.3) is 0 Å². The van der Waals surface area contributed by atoms with Gasteiger partial charge in [-0.2, -0.15) is 0 Å². The third-order valence-electron chi connectivity index (χ3n) is 4.59. The van der Waals surface area contributed by atoms with Gasteiger partial charge in [0, 0.05) is 35.3 Å². The van der Waals surface area contributed by atoms with E-state index < -0.39 is 0 Å². The van der Waals surface area contributed by atoms with Gasteiger partial charge in [-0.05, 0) is 55.8 Å². The van der Waals surface area contributed by atoms with E-state index in [1.54, 1.807) is 12.1 Å². The lowest BCUT2D eigenvalue weighted by molar-refractivity contribution is 0.313. The SMILES string of the molecule is CN1CCC(=C2c3ccc(Cl)cc3Oc3ccc(F)cc32)CC1. The zero-order valence-electron chi connectivity index (χ0n) is 12.9. The summed E-state index contributed by atoms with van der Waals surface area (Å²) < 4.78 is 19.8. The van der Waals surface area contributed by atoms with Gasteiger partial charge >= 0.3 is 0 Å². The molecule has 0 unspecified atom stereocenters. The van der Waals surface area contributed by atoms with Gasteiger partial charge in [0.05, 0.1) is 0 Å². The van der Waals surface area contributed by atoms with E-state index in [1.807, 2.05) is 18.2 Å². The second-order valence-electron chi connectivity index (χ2n) is 6.16. The molecule has 2 aromatic carbocycles. The fourth-order valence-electron chi connectivity index (χ4n) is 3.36. The van der Waals surface area contributed by atoms with Gasteiger partial charge < -0.3 is 9.64 Å². The number of piperidine rings is 1. The van der Waals surface area contributed by atoms with Crippen LogP contribution in [0.2, 0.25) is 5.02 Å². The molecule has 0 aromatic heterocycles. The molecule has 2 aliphatic rings. The average Bonchev–Trinajstić information content (AvgIpc) is 2.54. The van der Waals surface area contributed by atoms with Gasteiger partial charge in [-0.25, -0.2) is 4.39 Å². The Bertz CT molecular complexity index is 805. The average molecular weight is 330 g/mol. The molecule has 0 bridgehead atoms. The zero-order chi connectivity index (χ0) is 16.0. The van der Waals surface area contributed by atoms with Crippen LogP contribution in [0.25, 0.3) is 5.57 Å². The van der Waals surface area contributed by atoms with Crippen molar-refractivity contribution in [2.75, 3.05) is 20.1 Å². The number of rotatable bonds is 0. The number of likely N-dealkylation sites (tertiary alicyclic amines) is 1. The summed E-state index contributed by atoms with van der Waals surface area (Å²) in [6.45, 7) is 2.04. The van der Waals surface area contributed by atoms with E-state index in [2.05, 4.69) is 11.9 Å². The van der Waals surface area contributed by atoms with Crippen molar-refractivity contribution in [3.8, 4) is 11.5 Å². The predicted molar refractivity (Wildman–Crippen MR) is 90.7 cm³/mol. The fraction of sp³-hybridized carbons (Fsp3) is 0.263. The van der Waals surface area contributed by atoms with E-state index in [0.29, 0.717) is 10.8 Å². The van der Waals surface area contributed by atoms with Crippen molar-refractivity contribution in [3.63, 3.8) is 0 Å². The predicted octanol–water partition coefficient (Wildman–Crippen LogP) is 5.11. The Balaban J connectivity index is 1.93. The Labute approximate surface area is 140 Å². The Morgan fingerprint density at radius 1 is 1.00 bits per heavy atom. The molecule has 0 atom stereocenters. The summed E-state index contributed by atoms with van der Waals surface area (Å²) in [4.78, 5) is 2.32. The molecule has 1 fully saturated rings. The summed E-state index contributed by atoms with van der Waals surface area (Å²) in [7, 11) is 2.13. The van der Waals surface area contributed by atoms with Crippen molar-refractivity contribution in [1.82, 2.24) is 4.90 Å². The molecule has 0 amide bonds. The standard InChI is InChI=1S/C19H17ClFNO/c1-22-8-6-12(7-9-22)19-15-4-2-13(20)10-18(15)23-17-5-3-14(21)11-16(17)19/h2-5,10-11H,6-9H2,1H3. The first-order chi connectivity index (χ1) is 11.1. The third-order valence-corrected chi connectivity index (χ3v) is 4.82. The lowest BCUT2D eigenvalue weighted by Gasteiger charge is -2.30. The van der Waals surface area contributed by atoms with E-state index in [9.17, 15) is 4.39 Å². The Kier molecular flexibility index (Phi) is 3.63. The normalized spacial score (nSPS) is 17.5. The summed E-state index contributed by atoms with van der Waals surface area (Å²) >= 11 is 6.12. The van der Waals surface area contributed by atoms with Crippen LogP contribution in [0.15, 0.2) is 42.0 Å². The van der Waals surface area contributed by atoms with Gasteiger partial charge in [-0.15, -0.1) is 0 Å². The summed E-state index contributed by atoms with van der Waals surface area (Å²) in [6, 6.07) is 10.4. The van der Waals surface area contributed by atoms with E-state index in [0.717, 1.165) is 48.4 Å². The van der Waals surface area contributed by atoms with Gasteiger partial charge in [-0.3, -0.25) is 0 Å². The summed E-state index contributed by atoms with van der Waals surface area (Å²) in [5.74, 6) is 1.21.